The molecule has 0 bridgehead atoms. The van der Waals surface area contributed by atoms with Gasteiger partial charge in [0.15, 0.2) is 0 Å². The van der Waals surface area contributed by atoms with E-state index in [0.29, 0.717) is 42.0 Å². The number of carbonyl (C=O) groups is 4. The van der Waals surface area contributed by atoms with E-state index in [-0.39, 0.29) is 30.2 Å². The van der Waals surface area contributed by atoms with E-state index >= 15 is 0 Å². The van der Waals surface area contributed by atoms with Crippen molar-refractivity contribution in [3.05, 3.63) is 95.1 Å². The van der Waals surface area contributed by atoms with Gasteiger partial charge in [0, 0.05) is 36.3 Å². The van der Waals surface area contributed by atoms with Crippen molar-refractivity contribution in [2.45, 2.75) is 52.6 Å². The molecule has 10 heteroatoms. The number of hydrogen-bond acceptors (Lipinski definition) is 6. The summed E-state index contributed by atoms with van der Waals surface area (Å²) >= 11 is 0. The molecule has 3 aromatic carbocycles. The quantitative estimate of drug-likeness (QED) is 0.194. The molecule has 0 fully saturated rings. The second-order valence-corrected chi connectivity index (χ2v) is 12.4. The van der Waals surface area contributed by atoms with Crippen LogP contribution < -0.4 is 20.7 Å². The number of anilines is 1. The molecule has 0 radical (unpaired) electrons. The number of likely N-dealkylation sites (N-methyl/N-ethyl adjacent to an activating group) is 1. The molecule has 0 aliphatic rings. The lowest BCUT2D eigenvalue weighted by molar-refractivity contribution is -0.137. The predicted octanol–water partition coefficient (Wildman–Crippen LogP) is 4.75. The Morgan fingerprint density at radius 1 is 0.867 bits per heavy atom. The topological polar surface area (TPSA) is 137 Å². The molecule has 45 heavy (non-hydrogen) atoms. The van der Waals surface area contributed by atoms with Crippen LogP contribution in [0.2, 0.25) is 0 Å². The van der Waals surface area contributed by atoms with Crippen LogP contribution in [0.1, 0.15) is 65.5 Å². The van der Waals surface area contributed by atoms with Crippen molar-refractivity contribution >= 4 is 29.4 Å². The third-order valence-corrected chi connectivity index (χ3v) is 6.85. The lowest BCUT2D eigenvalue weighted by Crippen LogP contribution is -2.45. The number of nitrogens with one attached hydrogen (secondary N) is 3. The van der Waals surface area contributed by atoms with E-state index in [1.54, 1.807) is 66.7 Å². The minimum absolute atomic E-state index is 0.0281. The van der Waals surface area contributed by atoms with Gasteiger partial charge in [0.2, 0.25) is 5.91 Å². The molecule has 240 valence electrons. The van der Waals surface area contributed by atoms with Crippen molar-refractivity contribution in [2.24, 2.45) is 5.41 Å². The molecule has 0 heterocycles. The van der Waals surface area contributed by atoms with Gasteiger partial charge in [-0.3, -0.25) is 19.2 Å². The molecule has 4 N–H and O–H groups in total. The number of rotatable bonds is 15. The number of carboxylic acid groups (broad SMARTS) is 1. The number of aliphatic carboxylic acids is 1. The summed E-state index contributed by atoms with van der Waals surface area (Å²) in [7, 11) is 3.94. The lowest BCUT2D eigenvalue weighted by Gasteiger charge is -2.26. The van der Waals surface area contributed by atoms with Gasteiger partial charge in [-0.1, -0.05) is 45.0 Å². The van der Waals surface area contributed by atoms with Crippen LogP contribution in [0.25, 0.3) is 0 Å². The third kappa shape index (κ3) is 12.4. The molecule has 1 atom stereocenters. The van der Waals surface area contributed by atoms with Crippen LogP contribution in [0.3, 0.4) is 0 Å². The maximum absolute atomic E-state index is 13.3. The molecule has 3 rings (SSSR count). The zero-order valence-corrected chi connectivity index (χ0v) is 26.7. The van der Waals surface area contributed by atoms with E-state index in [1.165, 1.54) is 0 Å². The molecule has 0 aliphatic heterocycles. The molecular formula is C35H44N4O6. The summed E-state index contributed by atoms with van der Waals surface area (Å²) in [6.45, 7) is 7.53. The van der Waals surface area contributed by atoms with Gasteiger partial charge in [-0.05, 0) is 92.0 Å². The van der Waals surface area contributed by atoms with E-state index in [9.17, 15) is 19.2 Å². The standard InChI is InChI=1S/C35H44N4O6/c1-35(2,3)22-30(34(44)37-28-14-9-24(10-15-28)11-18-31(40)41)38-33(43)27-8-6-7-25(21-27)23-36-32(42)26-12-16-29(17-13-26)45-20-19-39(4)5/h6-10,12-17,21,30H,11,18-20,22-23H2,1-5H3,(H,36,42)(H,37,44)(H,38,43)(H,40,41)/t30-/m0/s1. The van der Waals surface area contributed by atoms with E-state index in [4.69, 9.17) is 9.84 Å². The normalized spacial score (nSPS) is 11.9. The van der Waals surface area contributed by atoms with Crippen LogP contribution in [0.4, 0.5) is 5.69 Å². The number of nitrogens with zero attached hydrogens (tertiary/aromatic N) is 1. The number of benzene rings is 3. The van der Waals surface area contributed by atoms with Gasteiger partial charge in [0.25, 0.3) is 11.8 Å². The van der Waals surface area contributed by atoms with Gasteiger partial charge in [-0.15, -0.1) is 0 Å². The van der Waals surface area contributed by atoms with Crippen molar-refractivity contribution in [3.8, 4) is 5.75 Å². The summed E-state index contributed by atoms with van der Waals surface area (Å²) in [6, 6.07) is 20.0. The molecule has 0 saturated heterocycles. The second kappa shape index (κ2) is 16.4. The molecule has 10 nitrogen and oxygen atoms in total. The van der Waals surface area contributed by atoms with E-state index in [2.05, 4.69) is 16.0 Å². The minimum atomic E-state index is -0.869. The van der Waals surface area contributed by atoms with Gasteiger partial charge in [-0.25, -0.2) is 0 Å². The lowest BCUT2D eigenvalue weighted by atomic mass is 9.87. The Labute approximate surface area is 265 Å². The van der Waals surface area contributed by atoms with Crippen LogP contribution in [0.5, 0.6) is 5.75 Å². The average molecular weight is 617 g/mol. The fraction of sp³-hybridized carbons (Fsp3) is 0.371. The molecule has 3 amide bonds. The minimum Gasteiger partial charge on any atom is -0.492 e. The first-order chi connectivity index (χ1) is 21.3. The summed E-state index contributed by atoms with van der Waals surface area (Å²) < 4.78 is 5.68. The van der Waals surface area contributed by atoms with Crippen molar-refractivity contribution in [1.82, 2.24) is 15.5 Å². The molecular weight excluding hydrogens is 572 g/mol. The van der Waals surface area contributed by atoms with Crippen molar-refractivity contribution < 1.29 is 29.0 Å². The number of carboxylic acids is 1. The second-order valence-electron chi connectivity index (χ2n) is 12.4. The highest BCUT2D eigenvalue weighted by Gasteiger charge is 2.27. The Balaban J connectivity index is 1.60. The van der Waals surface area contributed by atoms with Crippen LogP contribution in [-0.2, 0) is 22.6 Å². The number of ether oxygens (including phenoxy) is 1. The third-order valence-electron chi connectivity index (χ3n) is 6.85. The van der Waals surface area contributed by atoms with Crippen LogP contribution in [0.15, 0.2) is 72.8 Å². The van der Waals surface area contributed by atoms with Gasteiger partial charge in [-0.2, -0.15) is 0 Å². The van der Waals surface area contributed by atoms with E-state index < -0.39 is 17.9 Å². The fourth-order valence-corrected chi connectivity index (χ4v) is 4.45. The number of aryl methyl sites for hydroxylation is 1. The Kier molecular flexibility index (Phi) is 12.7. The summed E-state index contributed by atoms with van der Waals surface area (Å²) in [6.07, 6.45) is 0.825. The Morgan fingerprint density at radius 3 is 2.18 bits per heavy atom. The SMILES string of the molecule is CN(C)CCOc1ccc(C(=O)NCc2cccc(C(=O)N[C@@H](CC(C)(C)C)C(=O)Nc3ccc(CCC(=O)O)cc3)c2)cc1. The van der Waals surface area contributed by atoms with Gasteiger partial charge >= 0.3 is 5.97 Å². The highest BCUT2D eigenvalue weighted by Crippen LogP contribution is 2.22. The first kappa shape index (κ1) is 34.8. The monoisotopic (exact) mass is 616 g/mol. The Hall–Kier alpha value is -4.70. The maximum Gasteiger partial charge on any atom is 0.303 e. The Morgan fingerprint density at radius 2 is 1.56 bits per heavy atom. The predicted molar refractivity (Wildman–Crippen MR) is 174 cm³/mol. The smallest absolute Gasteiger partial charge is 0.303 e. The van der Waals surface area contributed by atoms with Gasteiger partial charge in [0.1, 0.15) is 18.4 Å². The highest BCUT2D eigenvalue weighted by atomic mass is 16.5. The number of carbonyl (C=O) groups excluding carboxylic acids is 3. The summed E-state index contributed by atoms with van der Waals surface area (Å²) in [5, 5.41) is 17.5. The van der Waals surface area contributed by atoms with Crippen molar-refractivity contribution in [3.63, 3.8) is 0 Å². The van der Waals surface area contributed by atoms with Gasteiger partial charge in [0.05, 0.1) is 0 Å². The zero-order valence-electron chi connectivity index (χ0n) is 26.7. The van der Waals surface area contributed by atoms with Crippen LogP contribution >= 0.6 is 0 Å². The highest BCUT2D eigenvalue weighted by molar-refractivity contribution is 6.01. The molecule has 0 aliphatic carbocycles. The summed E-state index contributed by atoms with van der Waals surface area (Å²) in [4.78, 5) is 52.1. The average Bonchev–Trinajstić information content (AvgIpc) is 2.98. The Bertz CT molecular complexity index is 1450. The fourth-order valence-electron chi connectivity index (χ4n) is 4.45. The van der Waals surface area contributed by atoms with Crippen molar-refractivity contribution in [1.29, 1.82) is 0 Å². The van der Waals surface area contributed by atoms with Gasteiger partial charge < -0.3 is 30.7 Å². The van der Waals surface area contributed by atoms with E-state index in [0.717, 1.165) is 17.7 Å². The molecule has 3 aromatic rings. The summed E-state index contributed by atoms with van der Waals surface area (Å²) in [5.41, 5.74) is 2.75. The largest absolute Gasteiger partial charge is 0.492 e. The maximum atomic E-state index is 13.3. The first-order valence-electron chi connectivity index (χ1n) is 15.0. The van der Waals surface area contributed by atoms with E-state index in [1.807, 2.05) is 45.8 Å². The summed E-state index contributed by atoms with van der Waals surface area (Å²) in [5.74, 6) is -1.18. The molecule has 0 spiro atoms. The van der Waals surface area contributed by atoms with Crippen molar-refractivity contribution in [2.75, 3.05) is 32.6 Å². The number of amides is 3. The molecule has 0 saturated carbocycles. The number of hydrogen-bond donors (Lipinski definition) is 4. The molecule has 0 unspecified atom stereocenters. The van der Waals surface area contributed by atoms with Crippen LogP contribution in [-0.4, -0.2) is 67.0 Å². The molecule has 0 aromatic heterocycles. The van der Waals surface area contributed by atoms with Crippen LogP contribution in [0, 0.1) is 5.41 Å². The first-order valence-corrected chi connectivity index (χ1v) is 15.0. The zero-order chi connectivity index (χ0) is 33.0.